The van der Waals surface area contributed by atoms with E-state index in [9.17, 15) is 8.78 Å². The Morgan fingerprint density at radius 3 is 2.42 bits per heavy atom. The smallest absolute Gasteiger partial charge is 0.138 e. The Bertz CT molecular complexity index is 541. The molecule has 19 heavy (non-hydrogen) atoms. The van der Waals surface area contributed by atoms with Crippen molar-refractivity contribution in [1.29, 1.82) is 0 Å². The fraction of sp³-hybridized carbons (Fsp3) is 0.357. The second-order valence-corrected chi connectivity index (χ2v) is 4.54. The lowest BCUT2D eigenvalue weighted by atomic mass is 10.1. The number of nitrogens with zero attached hydrogens (tertiary/aromatic N) is 1. The Morgan fingerprint density at radius 2 is 1.89 bits per heavy atom. The van der Waals surface area contributed by atoms with Crippen LogP contribution in [-0.2, 0) is 6.54 Å². The van der Waals surface area contributed by atoms with Crippen LogP contribution in [0.15, 0.2) is 22.7 Å². The average Bonchev–Trinajstić information content (AvgIpc) is 2.68. The minimum absolute atomic E-state index is 0.0427. The molecule has 0 saturated carbocycles. The topological polar surface area (TPSA) is 38.1 Å². The summed E-state index contributed by atoms with van der Waals surface area (Å²) in [6, 6.07) is 3.76. The molecule has 0 fully saturated rings. The van der Waals surface area contributed by atoms with Crippen molar-refractivity contribution in [3.63, 3.8) is 0 Å². The lowest BCUT2D eigenvalue weighted by Crippen LogP contribution is -2.20. The number of aromatic nitrogens is 1. The van der Waals surface area contributed by atoms with Crippen molar-refractivity contribution in [1.82, 2.24) is 10.5 Å². The molecule has 0 saturated heterocycles. The van der Waals surface area contributed by atoms with Gasteiger partial charge in [0.15, 0.2) is 0 Å². The van der Waals surface area contributed by atoms with Crippen molar-refractivity contribution >= 4 is 0 Å². The first kappa shape index (κ1) is 13.7. The van der Waals surface area contributed by atoms with Gasteiger partial charge in [0.2, 0.25) is 0 Å². The minimum Gasteiger partial charge on any atom is -0.361 e. The zero-order chi connectivity index (χ0) is 14.0. The van der Waals surface area contributed by atoms with Gasteiger partial charge in [0.25, 0.3) is 0 Å². The standard InChI is InChI=1S/C14H16F2N2O/c1-8(14-9(2)18-19-10(14)3)17-7-11-12(15)5-4-6-13(11)16/h4-6,8,17H,7H2,1-3H3. The van der Waals surface area contributed by atoms with Crippen molar-refractivity contribution in [2.45, 2.75) is 33.4 Å². The fourth-order valence-electron chi connectivity index (χ4n) is 2.17. The fourth-order valence-corrected chi connectivity index (χ4v) is 2.17. The molecule has 3 nitrogen and oxygen atoms in total. The second kappa shape index (κ2) is 5.48. The van der Waals surface area contributed by atoms with Gasteiger partial charge in [-0.3, -0.25) is 0 Å². The first-order chi connectivity index (χ1) is 9.00. The third kappa shape index (κ3) is 2.81. The number of nitrogens with one attached hydrogen (secondary N) is 1. The summed E-state index contributed by atoms with van der Waals surface area (Å²) in [7, 11) is 0. The Labute approximate surface area is 110 Å². The first-order valence-corrected chi connectivity index (χ1v) is 6.09. The van der Waals surface area contributed by atoms with Gasteiger partial charge in [-0.05, 0) is 32.9 Å². The molecule has 0 bridgehead atoms. The predicted molar refractivity (Wildman–Crippen MR) is 67.6 cm³/mol. The number of rotatable bonds is 4. The van der Waals surface area contributed by atoms with Gasteiger partial charge in [-0.15, -0.1) is 0 Å². The van der Waals surface area contributed by atoms with E-state index in [0.717, 1.165) is 11.3 Å². The molecule has 102 valence electrons. The lowest BCUT2D eigenvalue weighted by molar-refractivity contribution is 0.390. The van der Waals surface area contributed by atoms with Crippen LogP contribution in [0.3, 0.4) is 0 Å². The van der Waals surface area contributed by atoms with Crippen LogP contribution in [0.5, 0.6) is 0 Å². The predicted octanol–water partition coefficient (Wildman–Crippen LogP) is 3.42. The summed E-state index contributed by atoms with van der Waals surface area (Å²) in [6.45, 7) is 5.68. The summed E-state index contributed by atoms with van der Waals surface area (Å²) in [5.74, 6) is -0.372. The highest BCUT2D eigenvalue weighted by Gasteiger charge is 2.17. The van der Waals surface area contributed by atoms with Crippen molar-refractivity contribution in [2.75, 3.05) is 0 Å². The zero-order valence-electron chi connectivity index (χ0n) is 11.1. The molecule has 1 aromatic carbocycles. The van der Waals surface area contributed by atoms with Crippen molar-refractivity contribution in [2.24, 2.45) is 0 Å². The lowest BCUT2D eigenvalue weighted by Gasteiger charge is -2.14. The van der Waals surface area contributed by atoms with Crippen LogP contribution in [0.2, 0.25) is 0 Å². The maximum atomic E-state index is 13.5. The monoisotopic (exact) mass is 266 g/mol. The maximum Gasteiger partial charge on any atom is 0.138 e. The van der Waals surface area contributed by atoms with Gasteiger partial charge >= 0.3 is 0 Å². The Balaban J connectivity index is 2.11. The van der Waals surface area contributed by atoms with E-state index in [1.807, 2.05) is 20.8 Å². The van der Waals surface area contributed by atoms with E-state index >= 15 is 0 Å². The SMILES string of the molecule is Cc1noc(C)c1C(C)NCc1c(F)cccc1F. The van der Waals surface area contributed by atoms with Crippen LogP contribution >= 0.6 is 0 Å². The summed E-state index contributed by atoms with van der Waals surface area (Å²) in [6.07, 6.45) is 0. The molecule has 0 radical (unpaired) electrons. The summed E-state index contributed by atoms with van der Waals surface area (Å²) in [5, 5.41) is 6.95. The Morgan fingerprint density at radius 1 is 1.26 bits per heavy atom. The van der Waals surface area contributed by atoms with E-state index in [1.165, 1.54) is 18.2 Å². The molecule has 0 spiro atoms. The van der Waals surface area contributed by atoms with Gasteiger partial charge in [0, 0.05) is 23.7 Å². The van der Waals surface area contributed by atoms with Crippen LogP contribution in [0.4, 0.5) is 8.78 Å². The van der Waals surface area contributed by atoms with E-state index < -0.39 is 11.6 Å². The van der Waals surface area contributed by atoms with Crippen molar-refractivity contribution in [3.8, 4) is 0 Å². The van der Waals surface area contributed by atoms with Crippen LogP contribution in [0, 0.1) is 25.5 Å². The largest absolute Gasteiger partial charge is 0.361 e. The highest BCUT2D eigenvalue weighted by molar-refractivity contribution is 5.25. The highest BCUT2D eigenvalue weighted by Crippen LogP contribution is 2.22. The average molecular weight is 266 g/mol. The third-order valence-corrected chi connectivity index (χ3v) is 3.17. The maximum absolute atomic E-state index is 13.5. The number of aryl methyl sites for hydroxylation is 2. The number of hydrogen-bond acceptors (Lipinski definition) is 3. The molecular weight excluding hydrogens is 250 g/mol. The molecule has 5 heteroatoms. The van der Waals surface area contributed by atoms with Gasteiger partial charge in [-0.25, -0.2) is 8.78 Å². The molecule has 1 heterocycles. The second-order valence-electron chi connectivity index (χ2n) is 4.54. The molecule has 1 unspecified atom stereocenters. The van der Waals surface area contributed by atoms with E-state index in [1.54, 1.807) is 0 Å². The molecular formula is C14H16F2N2O. The molecule has 1 aromatic heterocycles. The van der Waals surface area contributed by atoms with Gasteiger partial charge in [0.05, 0.1) is 5.69 Å². The van der Waals surface area contributed by atoms with Crippen molar-refractivity contribution in [3.05, 3.63) is 52.4 Å². The third-order valence-electron chi connectivity index (χ3n) is 3.17. The Hall–Kier alpha value is -1.75. The highest BCUT2D eigenvalue weighted by atomic mass is 19.1. The minimum atomic E-state index is -0.543. The zero-order valence-corrected chi connectivity index (χ0v) is 11.1. The van der Waals surface area contributed by atoms with Gasteiger partial charge in [-0.2, -0.15) is 0 Å². The molecule has 0 aliphatic heterocycles. The van der Waals surface area contributed by atoms with Crippen molar-refractivity contribution < 1.29 is 13.3 Å². The molecule has 0 amide bonds. The van der Waals surface area contributed by atoms with Crippen LogP contribution < -0.4 is 5.32 Å². The summed E-state index contributed by atoms with van der Waals surface area (Å²) >= 11 is 0. The van der Waals surface area contributed by atoms with Crippen LogP contribution in [0.25, 0.3) is 0 Å². The van der Waals surface area contributed by atoms with Gasteiger partial charge < -0.3 is 9.84 Å². The van der Waals surface area contributed by atoms with Gasteiger partial charge in [0.1, 0.15) is 17.4 Å². The summed E-state index contributed by atoms with van der Waals surface area (Å²) in [5.41, 5.74) is 1.75. The molecule has 2 rings (SSSR count). The van der Waals surface area contributed by atoms with Gasteiger partial charge in [-0.1, -0.05) is 11.2 Å². The molecule has 1 atom stereocenters. The summed E-state index contributed by atoms with van der Waals surface area (Å²) in [4.78, 5) is 0. The van der Waals surface area contributed by atoms with Crippen LogP contribution in [-0.4, -0.2) is 5.16 Å². The normalized spacial score (nSPS) is 12.7. The van der Waals surface area contributed by atoms with E-state index in [4.69, 9.17) is 4.52 Å². The first-order valence-electron chi connectivity index (χ1n) is 6.09. The van der Waals surface area contributed by atoms with E-state index in [2.05, 4.69) is 10.5 Å². The Kier molecular flexibility index (Phi) is 3.95. The number of hydrogen-bond donors (Lipinski definition) is 1. The summed E-state index contributed by atoms with van der Waals surface area (Å²) < 4.78 is 32.1. The number of benzene rings is 1. The van der Waals surface area contributed by atoms with E-state index in [0.29, 0.717) is 5.76 Å². The van der Waals surface area contributed by atoms with E-state index in [-0.39, 0.29) is 18.2 Å². The molecule has 1 N–H and O–H groups in total. The molecule has 0 aliphatic carbocycles. The molecule has 0 aliphatic rings. The molecule has 2 aromatic rings. The quantitative estimate of drug-likeness (QED) is 0.921. The van der Waals surface area contributed by atoms with Crippen LogP contribution in [0.1, 0.15) is 35.5 Å². The number of halogens is 2.